The average molecular weight is 313 g/mol. The molecule has 122 valence electrons. The molecule has 0 aliphatic carbocycles. The summed E-state index contributed by atoms with van der Waals surface area (Å²) in [5.74, 6) is -0.148. The van der Waals surface area contributed by atoms with Gasteiger partial charge in [-0.2, -0.15) is 0 Å². The molecule has 0 heterocycles. The van der Waals surface area contributed by atoms with Crippen molar-refractivity contribution >= 4 is 5.91 Å². The molecule has 4 heteroatoms. The Morgan fingerprint density at radius 2 is 1.78 bits per heavy atom. The number of aliphatic hydroxyl groups excluding tert-OH is 1. The topological polar surface area (TPSA) is 58.6 Å². The largest absolute Gasteiger partial charge is 0.388 e. The first-order valence-electron chi connectivity index (χ1n) is 7.72. The molecular formula is C19H23NO3. The maximum atomic E-state index is 12.4. The molecule has 0 aromatic heterocycles. The van der Waals surface area contributed by atoms with Gasteiger partial charge < -0.3 is 15.2 Å². The summed E-state index contributed by atoms with van der Waals surface area (Å²) in [6.07, 6.45) is -0.136. The Hall–Kier alpha value is -2.17. The molecule has 2 rings (SSSR count). The summed E-state index contributed by atoms with van der Waals surface area (Å²) in [5, 5.41) is 13.2. The predicted octanol–water partition coefficient (Wildman–Crippen LogP) is 3.08. The number of benzene rings is 2. The first kappa shape index (κ1) is 17.2. The molecule has 23 heavy (non-hydrogen) atoms. The Balaban J connectivity index is 1.97. The summed E-state index contributed by atoms with van der Waals surface area (Å²) < 4.78 is 5.13. The summed E-state index contributed by atoms with van der Waals surface area (Å²) in [7, 11) is 1.60. The molecule has 0 bridgehead atoms. The highest BCUT2D eigenvalue weighted by Crippen LogP contribution is 2.18. The zero-order valence-corrected chi connectivity index (χ0v) is 13.5. The summed E-state index contributed by atoms with van der Waals surface area (Å²) in [6, 6.07) is 16.7. The third-order valence-corrected chi connectivity index (χ3v) is 3.70. The van der Waals surface area contributed by atoms with Crippen LogP contribution in [-0.2, 0) is 11.3 Å². The van der Waals surface area contributed by atoms with Gasteiger partial charge in [0.1, 0.15) is 0 Å². The second-order valence-electron chi connectivity index (χ2n) is 5.63. The fourth-order valence-electron chi connectivity index (χ4n) is 2.53. The second kappa shape index (κ2) is 8.46. The highest BCUT2D eigenvalue weighted by molar-refractivity contribution is 5.95. The third-order valence-electron chi connectivity index (χ3n) is 3.70. The van der Waals surface area contributed by atoms with Crippen LogP contribution in [0.4, 0.5) is 0 Å². The number of methoxy groups -OCH3 is 1. The van der Waals surface area contributed by atoms with Crippen LogP contribution in [0.5, 0.6) is 0 Å². The van der Waals surface area contributed by atoms with Gasteiger partial charge in [0, 0.05) is 18.7 Å². The molecule has 2 unspecified atom stereocenters. The van der Waals surface area contributed by atoms with Crippen LogP contribution in [-0.4, -0.2) is 24.2 Å². The van der Waals surface area contributed by atoms with Crippen molar-refractivity contribution in [2.75, 3.05) is 7.11 Å². The third kappa shape index (κ3) is 4.91. The van der Waals surface area contributed by atoms with Crippen LogP contribution in [0.2, 0.25) is 0 Å². The normalized spacial score (nSPS) is 13.3. The van der Waals surface area contributed by atoms with E-state index in [-0.39, 0.29) is 11.9 Å². The van der Waals surface area contributed by atoms with Gasteiger partial charge in [0.25, 0.3) is 5.91 Å². The molecule has 2 N–H and O–H groups in total. The van der Waals surface area contributed by atoms with Crippen molar-refractivity contribution in [1.82, 2.24) is 5.32 Å². The fourth-order valence-corrected chi connectivity index (χ4v) is 2.53. The Labute approximate surface area is 137 Å². The quantitative estimate of drug-likeness (QED) is 0.826. The standard InChI is InChI=1S/C19H23NO3/c1-14(12-18(21)15-8-4-3-5-9-15)20-19(22)17-11-7-6-10-16(17)13-23-2/h3-11,14,18,21H,12-13H2,1-2H3,(H,20,22). The number of carbonyl (C=O) groups is 1. The SMILES string of the molecule is COCc1ccccc1C(=O)NC(C)CC(O)c1ccccc1. The van der Waals surface area contributed by atoms with Gasteiger partial charge in [-0.25, -0.2) is 0 Å². The van der Waals surface area contributed by atoms with Crippen LogP contribution in [0.25, 0.3) is 0 Å². The number of carbonyl (C=O) groups excluding carboxylic acids is 1. The van der Waals surface area contributed by atoms with Gasteiger partial charge in [-0.15, -0.1) is 0 Å². The molecule has 1 amide bonds. The fraction of sp³-hybridized carbons (Fsp3) is 0.316. The molecule has 0 saturated heterocycles. The summed E-state index contributed by atoms with van der Waals surface area (Å²) in [5.41, 5.74) is 2.31. The average Bonchev–Trinajstić information content (AvgIpc) is 2.56. The first-order chi connectivity index (χ1) is 11.1. The highest BCUT2D eigenvalue weighted by Gasteiger charge is 2.16. The van der Waals surface area contributed by atoms with E-state index in [0.29, 0.717) is 18.6 Å². The van der Waals surface area contributed by atoms with E-state index < -0.39 is 6.10 Å². The van der Waals surface area contributed by atoms with Crippen molar-refractivity contribution in [2.45, 2.75) is 32.1 Å². The number of ether oxygens (including phenoxy) is 1. The molecule has 0 fully saturated rings. The summed E-state index contributed by atoms with van der Waals surface area (Å²) >= 11 is 0. The number of nitrogens with one attached hydrogen (secondary N) is 1. The number of hydrogen-bond donors (Lipinski definition) is 2. The molecule has 0 saturated carbocycles. The van der Waals surface area contributed by atoms with Crippen molar-refractivity contribution in [1.29, 1.82) is 0 Å². The predicted molar refractivity (Wildman–Crippen MR) is 90.1 cm³/mol. The number of aliphatic hydroxyl groups is 1. The van der Waals surface area contributed by atoms with Gasteiger partial charge in [0.05, 0.1) is 12.7 Å². The van der Waals surface area contributed by atoms with Gasteiger partial charge in [-0.3, -0.25) is 4.79 Å². The van der Waals surface area contributed by atoms with E-state index >= 15 is 0 Å². The number of amides is 1. The Morgan fingerprint density at radius 1 is 1.13 bits per heavy atom. The minimum Gasteiger partial charge on any atom is -0.388 e. The van der Waals surface area contributed by atoms with E-state index in [2.05, 4.69) is 5.32 Å². The molecule has 2 aromatic carbocycles. The molecule has 2 atom stereocenters. The molecular weight excluding hydrogens is 290 g/mol. The first-order valence-corrected chi connectivity index (χ1v) is 7.72. The van der Waals surface area contributed by atoms with Gasteiger partial charge in [0.2, 0.25) is 0 Å². The van der Waals surface area contributed by atoms with Crippen molar-refractivity contribution in [3.05, 3.63) is 71.3 Å². The van der Waals surface area contributed by atoms with Crippen molar-refractivity contribution in [3.63, 3.8) is 0 Å². The van der Waals surface area contributed by atoms with Crippen LogP contribution in [0, 0.1) is 0 Å². The maximum Gasteiger partial charge on any atom is 0.251 e. The lowest BCUT2D eigenvalue weighted by Crippen LogP contribution is -2.34. The zero-order chi connectivity index (χ0) is 16.7. The minimum atomic E-state index is -0.597. The second-order valence-corrected chi connectivity index (χ2v) is 5.63. The molecule has 0 radical (unpaired) electrons. The lowest BCUT2D eigenvalue weighted by atomic mass is 10.0. The van der Waals surface area contributed by atoms with Crippen LogP contribution in [0.1, 0.15) is 40.9 Å². The number of hydrogen-bond acceptors (Lipinski definition) is 3. The van der Waals surface area contributed by atoms with E-state index in [1.165, 1.54) is 0 Å². The van der Waals surface area contributed by atoms with Gasteiger partial charge in [0.15, 0.2) is 0 Å². The Bertz CT molecular complexity index is 628. The van der Waals surface area contributed by atoms with E-state index in [0.717, 1.165) is 11.1 Å². The van der Waals surface area contributed by atoms with Crippen molar-refractivity contribution in [3.8, 4) is 0 Å². The van der Waals surface area contributed by atoms with E-state index in [1.54, 1.807) is 13.2 Å². The molecule has 2 aromatic rings. The minimum absolute atomic E-state index is 0.145. The summed E-state index contributed by atoms with van der Waals surface area (Å²) in [6.45, 7) is 2.29. The van der Waals surface area contributed by atoms with Crippen LogP contribution in [0.3, 0.4) is 0 Å². The molecule has 0 aliphatic heterocycles. The smallest absolute Gasteiger partial charge is 0.251 e. The maximum absolute atomic E-state index is 12.4. The molecule has 4 nitrogen and oxygen atoms in total. The van der Waals surface area contributed by atoms with Crippen LogP contribution in [0.15, 0.2) is 54.6 Å². The number of rotatable bonds is 7. The van der Waals surface area contributed by atoms with Crippen molar-refractivity contribution in [2.24, 2.45) is 0 Å². The van der Waals surface area contributed by atoms with Gasteiger partial charge in [-0.05, 0) is 30.5 Å². The summed E-state index contributed by atoms with van der Waals surface area (Å²) in [4.78, 5) is 12.4. The van der Waals surface area contributed by atoms with Crippen LogP contribution < -0.4 is 5.32 Å². The zero-order valence-electron chi connectivity index (χ0n) is 13.5. The van der Waals surface area contributed by atoms with E-state index in [9.17, 15) is 9.90 Å². The lowest BCUT2D eigenvalue weighted by molar-refractivity contribution is 0.0912. The molecule has 0 aliphatic rings. The highest BCUT2D eigenvalue weighted by atomic mass is 16.5. The monoisotopic (exact) mass is 313 g/mol. The van der Waals surface area contributed by atoms with Gasteiger partial charge >= 0.3 is 0 Å². The molecule has 0 spiro atoms. The van der Waals surface area contributed by atoms with Crippen LogP contribution >= 0.6 is 0 Å². The van der Waals surface area contributed by atoms with Crippen molar-refractivity contribution < 1.29 is 14.6 Å². The lowest BCUT2D eigenvalue weighted by Gasteiger charge is -2.19. The van der Waals surface area contributed by atoms with Gasteiger partial charge in [-0.1, -0.05) is 48.5 Å². The van der Waals surface area contributed by atoms with E-state index in [1.807, 2.05) is 55.5 Å². The Kier molecular flexibility index (Phi) is 6.32. The Morgan fingerprint density at radius 3 is 2.48 bits per heavy atom. The van der Waals surface area contributed by atoms with E-state index in [4.69, 9.17) is 4.74 Å².